The Labute approximate surface area is 233 Å². The van der Waals surface area contributed by atoms with E-state index >= 15 is 0 Å². The molecule has 0 spiro atoms. The van der Waals surface area contributed by atoms with Crippen LogP contribution in [-0.2, 0) is 14.3 Å². The van der Waals surface area contributed by atoms with Crippen molar-refractivity contribution in [3.05, 3.63) is 86.2 Å². The molecule has 0 amide bonds. The van der Waals surface area contributed by atoms with Gasteiger partial charge in [-0.3, -0.25) is 14.9 Å². The van der Waals surface area contributed by atoms with Gasteiger partial charge in [0, 0.05) is 41.4 Å². The molecule has 2 aliphatic carbocycles. The van der Waals surface area contributed by atoms with E-state index in [-0.39, 0.29) is 29.9 Å². The van der Waals surface area contributed by atoms with Gasteiger partial charge in [0.1, 0.15) is 6.10 Å². The molecule has 1 saturated carbocycles. The molecule has 5 rings (SSSR count). The number of methoxy groups -OCH3 is 2. The van der Waals surface area contributed by atoms with E-state index in [0.717, 1.165) is 43.4 Å². The third kappa shape index (κ3) is 5.33. The monoisotopic (exact) mass is 546 g/mol. The zero-order valence-electron chi connectivity index (χ0n) is 23.0. The lowest BCUT2D eigenvalue weighted by molar-refractivity contribution is -0.384. The maximum Gasteiger partial charge on any atom is 0.337 e. The summed E-state index contributed by atoms with van der Waals surface area (Å²) >= 11 is 0. The quantitative estimate of drug-likeness (QED) is 0.261. The van der Waals surface area contributed by atoms with Crippen LogP contribution in [0.1, 0.15) is 74.8 Å². The highest BCUT2D eigenvalue weighted by atomic mass is 16.6. The topological polar surface area (TPSA) is 117 Å². The van der Waals surface area contributed by atoms with Crippen molar-refractivity contribution in [2.24, 2.45) is 0 Å². The van der Waals surface area contributed by atoms with Gasteiger partial charge in [0.15, 0.2) is 17.3 Å². The summed E-state index contributed by atoms with van der Waals surface area (Å²) in [5.41, 5.74) is 3.84. The highest BCUT2D eigenvalue weighted by Gasteiger charge is 2.42. The lowest BCUT2D eigenvalue weighted by atomic mass is 9.71. The summed E-state index contributed by atoms with van der Waals surface area (Å²) in [6, 6.07) is 11.8. The maximum atomic E-state index is 13.9. The minimum atomic E-state index is -0.674. The molecule has 0 radical (unpaired) electrons. The fourth-order valence-electron chi connectivity index (χ4n) is 6.17. The van der Waals surface area contributed by atoms with Gasteiger partial charge in [-0.2, -0.15) is 0 Å². The Bertz CT molecular complexity index is 1390. The fourth-order valence-corrected chi connectivity index (χ4v) is 6.17. The molecule has 2 atom stereocenters. The standard InChI is InChI=1S/C31H34N2O7/c1-18-28(31(35)40-23-7-5-4-6-8-23)29(19-9-12-22(13-10-19)33(36)37)30-24(32-18)15-21(16-25(30)34)20-11-14-26(38-2)27(17-20)39-3/h9-14,17,21,23,29,32H,4-8,15-16H2,1-3H3/t21-,29+/m1/s1. The van der Waals surface area contributed by atoms with Gasteiger partial charge in [0.05, 0.1) is 24.7 Å². The molecule has 2 aromatic carbocycles. The zero-order chi connectivity index (χ0) is 28.4. The van der Waals surface area contributed by atoms with Gasteiger partial charge < -0.3 is 19.5 Å². The Balaban J connectivity index is 1.52. The smallest absolute Gasteiger partial charge is 0.337 e. The third-order valence-electron chi connectivity index (χ3n) is 8.19. The second-order valence-corrected chi connectivity index (χ2v) is 10.6. The summed E-state index contributed by atoms with van der Waals surface area (Å²) in [4.78, 5) is 38.4. The highest BCUT2D eigenvalue weighted by molar-refractivity contribution is 6.04. The van der Waals surface area contributed by atoms with Crippen LogP contribution in [-0.4, -0.2) is 37.0 Å². The predicted octanol–water partition coefficient (Wildman–Crippen LogP) is 5.85. The van der Waals surface area contributed by atoms with Crippen LogP contribution in [0.4, 0.5) is 5.69 Å². The van der Waals surface area contributed by atoms with E-state index in [1.807, 2.05) is 25.1 Å². The molecular weight excluding hydrogens is 512 g/mol. The van der Waals surface area contributed by atoms with Gasteiger partial charge in [-0.1, -0.05) is 24.6 Å². The fraction of sp³-hybridized carbons (Fsp3) is 0.419. The van der Waals surface area contributed by atoms with Gasteiger partial charge in [-0.15, -0.1) is 0 Å². The average Bonchev–Trinajstić information content (AvgIpc) is 2.96. The van der Waals surface area contributed by atoms with Crippen molar-refractivity contribution in [2.75, 3.05) is 14.2 Å². The van der Waals surface area contributed by atoms with Crippen LogP contribution in [0.5, 0.6) is 11.5 Å². The van der Waals surface area contributed by atoms with E-state index in [4.69, 9.17) is 14.2 Å². The highest BCUT2D eigenvalue weighted by Crippen LogP contribution is 2.47. The van der Waals surface area contributed by atoms with Crippen molar-refractivity contribution in [2.45, 2.75) is 69.8 Å². The number of hydrogen-bond donors (Lipinski definition) is 1. The Kier molecular flexibility index (Phi) is 7.91. The second kappa shape index (κ2) is 11.5. The molecule has 9 heteroatoms. The lowest BCUT2D eigenvalue weighted by Crippen LogP contribution is -2.37. The van der Waals surface area contributed by atoms with Gasteiger partial charge in [-0.25, -0.2) is 4.79 Å². The molecule has 0 bridgehead atoms. The SMILES string of the molecule is COc1ccc([C@H]2CC(=O)C3=C(C2)NC(C)=C(C(=O)OC2CCCCC2)[C@@H]3c2ccc([N+](=O)[O-])cc2)cc1OC. The van der Waals surface area contributed by atoms with E-state index in [2.05, 4.69) is 5.32 Å². The molecule has 1 N–H and O–H groups in total. The van der Waals surface area contributed by atoms with Crippen LogP contribution in [0.25, 0.3) is 0 Å². The van der Waals surface area contributed by atoms with E-state index in [1.165, 1.54) is 12.1 Å². The van der Waals surface area contributed by atoms with E-state index in [9.17, 15) is 19.7 Å². The third-order valence-corrected chi connectivity index (χ3v) is 8.19. The number of nitro benzene ring substituents is 1. The van der Waals surface area contributed by atoms with E-state index in [0.29, 0.717) is 40.3 Å². The van der Waals surface area contributed by atoms with Crippen LogP contribution in [0.3, 0.4) is 0 Å². The van der Waals surface area contributed by atoms with Crippen LogP contribution in [0, 0.1) is 10.1 Å². The lowest BCUT2D eigenvalue weighted by Gasteiger charge is -2.37. The minimum Gasteiger partial charge on any atom is -0.493 e. The first kappa shape index (κ1) is 27.4. The molecule has 2 aromatic rings. The first-order valence-corrected chi connectivity index (χ1v) is 13.7. The van der Waals surface area contributed by atoms with Crippen LogP contribution >= 0.6 is 0 Å². The molecule has 9 nitrogen and oxygen atoms in total. The maximum absolute atomic E-state index is 13.9. The number of esters is 1. The van der Waals surface area contributed by atoms with Crippen molar-refractivity contribution < 1.29 is 28.7 Å². The average molecular weight is 547 g/mol. The number of non-ortho nitro benzene ring substituents is 1. The summed E-state index contributed by atoms with van der Waals surface area (Å²) < 4.78 is 16.8. The number of carbonyl (C=O) groups is 2. The second-order valence-electron chi connectivity index (χ2n) is 10.6. The Morgan fingerprint density at radius 3 is 2.27 bits per heavy atom. The first-order valence-electron chi connectivity index (χ1n) is 13.7. The van der Waals surface area contributed by atoms with E-state index in [1.54, 1.807) is 26.4 Å². The molecule has 0 unspecified atom stereocenters. The number of allylic oxidation sites excluding steroid dienone is 3. The molecule has 3 aliphatic rings. The van der Waals surface area contributed by atoms with E-state index < -0.39 is 16.8 Å². The number of ether oxygens (including phenoxy) is 3. The summed E-state index contributed by atoms with van der Waals surface area (Å²) in [5.74, 6) is -0.0841. The van der Waals surface area contributed by atoms with Crippen molar-refractivity contribution in [1.82, 2.24) is 5.32 Å². The Hall–Kier alpha value is -4.14. The van der Waals surface area contributed by atoms with Gasteiger partial charge in [0.25, 0.3) is 5.69 Å². The largest absolute Gasteiger partial charge is 0.493 e. The van der Waals surface area contributed by atoms with Crippen molar-refractivity contribution in [3.63, 3.8) is 0 Å². The number of ketones is 1. The molecule has 210 valence electrons. The molecule has 40 heavy (non-hydrogen) atoms. The zero-order valence-corrected chi connectivity index (χ0v) is 23.0. The van der Waals surface area contributed by atoms with Crippen molar-refractivity contribution in [1.29, 1.82) is 0 Å². The van der Waals surface area contributed by atoms with Gasteiger partial charge >= 0.3 is 5.97 Å². The van der Waals surface area contributed by atoms with Crippen molar-refractivity contribution >= 4 is 17.4 Å². The van der Waals surface area contributed by atoms with Crippen LogP contribution in [0.2, 0.25) is 0 Å². The number of rotatable bonds is 7. The minimum absolute atomic E-state index is 0.0533. The van der Waals surface area contributed by atoms with Crippen molar-refractivity contribution in [3.8, 4) is 11.5 Å². The molecule has 0 aromatic heterocycles. The molecular formula is C31H34N2O7. The normalized spacial score (nSPS) is 21.4. The number of Topliss-reactive ketones (excluding diaryl/α,β-unsaturated/α-hetero) is 1. The summed E-state index contributed by atoms with van der Waals surface area (Å²) in [6.07, 6.45) is 5.49. The van der Waals surface area contributed by atoms with Crippen LogP contribution in [0.15, 0.2) is 65.0 Å². The number of nitrogens with zero attached hydrogens (tertiary/aromatic N) is 1. The molecule has 0 saturated heterocycles. The van der Waals surface area contributed by atoms with Gasteiger partial charge in [0.2, 0.25) is 0 Å². The number of hydrogen-bond acceptors (Lipinski definition) is 8. The van der Waals surface area contributed by atoms with Crippen LogP contribution < -0.4 is 14.8 Å². The number of dihydropyridines is 1. The Morgan fingerprint density at radius 1 is 0.950 bits per heavy atom. The van der Waals surface area contributed by atoms with Gasteiger partial charge in [-0.05, 0) is 68.2 Å². The number of carbonyl (C=O) groups excluding carboxylic acids is 2. The Morgan fingerprint density at radius 2 is 1.62 bits per heavy atom. The summed E-state index contributed by atoms with van der Waals surface area (Å²) in [6.45, 7) is 1.82. The first-order chi connectivity index (χ1) is 19.3. The number of nitrogens with one attached hydrogen (secondary N) is 1. The summed E-state index contributed by atoms with van der Waals surface area (Å²) in [5, 5.41) is 14.7. The number of benzene rings is 2. The predicted molar refractivity (Wildman–Crippen MR) is 148 cm³/mol. The molecule has 1 aliphatic heterocycles. The molecule has 1 heterocycles. The number of nitro groups is 1. The summed E-state index contributed by atoms with van der Waals surface area (Å²) in [7, 11) is 3.16. The molecule has 1 fully saturated rings.